The molecule has 9 rings (SSSR count). The zero-order chi connectivity index (χ0) is 33.3. The van der Waals surface area contributed by atoms with Gasteiger partial charge in [0.25, 0.3) is 0 Å². The van der Waals surface area contributed by atoms with E-state index >= 15 is 0 Å². The Hall–Kier alpha value is -5.86. The highest BCUT2D eigenvalue weighted by atomic mass is 15.2. The van der Waals surface area contributed by atoms with Crippen molar-refractivity contribution in [3.05, 3.63) is 181 Å². The molecule has 0 unspecified atom stereocenters. The maximum absolute atomic E-state index is 2.54. The van der Waals surface area contributed by atoms with Crippen LogP contribution in [0.2, 0.25) is 0 Å². The maximum atomic E-state index is 2.54. The topological polar surface area (TPSA) is 6.48 Å². The number of anilines is 6. The fourth-order valence-corrected chi connectivity index (χ4v) is 8.18. The van der Waals surface area contributed by atoms with E-state index in [0.29, 0.717) is 5.92 Å². The average molecular weight is 645 g/mol. The van der Waals surface area contributed by atoms with Gasteiger partial charge in [-0.3, -0.25) is 0 Å². The molecule has 50 heavy (non-hydrogen) atoms. The summed E-state index contributed by atoms with van der Waals surface area (Å²) in [6.07, 6.45) is 6.48. The van der Waals surface area contributed by atoms with Crippen molar-refractivity contribution in [2.24, 2.45) is 0 Å². The molecule has 1 aliphatic carbocycles. The Bertz CT molecular complexity index is 2370. The van der Waals surface area contributed by atoms with E-state index in [-0.39, 0.29) is 0 Å². The van der Waals surface area contributed by atoms with Crippen LogP contribution < -0.4 is 9.80 Å². The molecular weight excluding hydrogens is 605 g/mol. The first kappa shape index (κ1) is 30.2. The van der Waals surface area contributed by atoms with Gasteiger partial charge in [0.15, 0.2) is 0 Å². The van der Waals surface area contributed by atoms with E-state index in [4.69, 9.17) is 0 Å². The molecule has 0 spiro atoms. The molecule has 1 fully saturated rings. The number of nitrogens with zero attached hydrogens (tertiary/aromatic N) is 2. The highest BCUT2D eigenvalue weighted by molar-refractivity contribution is 6.23. The van der Waals surface area contributed by atoms with Crippen molar-refractivity contribution < 1.29 is 0 Å². The Balaban J connectivity index is 1.41. The van der Waals surface area contributed by atoms with Gasteiger partial charge in [-0.15, -0.1) is 0 Å². The molecule has 0 aliphatic heterocycles. The third-order valence-corrected chi connectivity index (χ3v) is 10.5. The van der Waals surface area contributed by atoms with E-state index < -0.39 is 0 Å². The van der Waals surface area contributed by atoms with E-state index in [0.717, 1.165) is 22.7 Å². The highest BCUT2D eigenvalue weighted by Gasteiger charge is 2.26. The SMILES string of the molecule is c1ccc(N(c2ccc3ccccc3c2)c2c3ccccc3c(N(c3ccccc3)c3ccccc3)c3cc(C4CCCCC4)ccc23)cc1. The minimum Gasteiger partial charge on any atom is -0.309 e. The van der Waals surface area contributed by atoms with E-state index in [1.165, 1.54) is 81.4 Å². The van der Waals surface area contributed by atoms with Crippen LogP contribution in [0.3, 0.4) is 0 Å². The summed E-state index contributed by atoms with van der Waals surface area (Å²) >= 11 is 0. The lowest BCUT2D eigenvalue weighted by molar-refractivity contribution is 0.444. The van der Waals surface area contributed by atoms with E-state index in [2.05, 4.69) is 186 Å². The number of hydrogen-bond donors (Lipinski definition) is 0. The van der Waals surface area contributed by atoms with Crippen molar-refractivity contribution in [3.8, 4) is 0 Å². The van der Waals surface area contributed by atoms with Gasteiger partial charge in [-0.25, -0.2) is 0 Å². The normalized spacial score (nSPS) is 13.5. The van der Waals surface area contributed by atoms with Crippen LogP contribution in [0.4, 0.5) is 34.1 Å². The molecule has 0 atom stereocenters. The van der Waals surface area contributed by atoms with Gasteiger partial charge in [0.1, 0.15) is 0 Å². The van der Waals surface area contributed by atoms with Crippen LogP contribution in [0.5, 0.6) is 0 Å². The molecule has 8 aromatic rings. The first-order valence-corrected chi connectivity index (χ1v) is 18.1. The van der Waals surface area contributed by atoms with Gasteiger partial charge >= 0.3 is 0 Å². The largest absolute Gasteiger partial charge is 0.309 e. The van der Waals surface area contributed by atoms with Crippen molar-refractivity contribution in [1.82, 2.24) is 0 Å². The van der Waals surface area contributed by atoms with Crippen LogP contribution >= 0.6 is 0 Å². The summed E-state index contributed by atoms with van der Waals surface area (Å²) in [5, 5.41) is 7.44. The third-order valence-electron chi connectivity index (χ3n) is 10.5. The van der Waals surface area contributed by atoms with Crippen molar-refractivity contribution in [2.75, 3.05) is 9.80 Å². The van der Waals surface area contributed by atoms with E-state index in [9.17, 15) is 0 Å². The molecule has 1 aliphatic rings. The van der Waals surface area contributed by atoms with Gasteiger partial charge in [-0.05, 0) is 89.7 Å². The molecule has 2 nitrogen and oxygen atoms in total. The minimum absolute atomic E-state index is 0.587. The summed E-state index contributed by atoms with van der Waals surface area (Å²) < 4.78 is 0. The maximum Gasteiger partial charge on any atom is 0.0620 e. The number of hydrogen-bond acceptors (Lipinski definition) is 2. The lowest BCUT2D eigenvalue weighted by Gasteiger charge is -2.33. The monoisotopic (exact) mass is 644 g/mol. The van der Waals surface area contributed by atoms with Crippen molar-refractivity contribution >= 4 is 66.4 Å². The van der Waals surface area contributed by atoms with Gasteiger partial charge in [0, 0.05) is 44.3 Å². The summed E-state index contributed by atoms with van der Waals surface area (Å²) in [6.45, 7) is 0. The Morgan fingerprint density at radius 1 is 0.340 bits per heavy atom. The molecule has 0 bridgehead atoms. The van der Waals surface area contributed by atoms with Crippen LogP contribution in [-0.2, 0) is 0 Å². The number of rotatable bonds is 7. The Morgan fingerprint density at radius 3 is 1.42 bits per heavy atom. The molecule has 242 valence electrons. The summed E-state index contributed by atoms with van der Waals surface area (Å²) in [6, 6.07) is 64.6. The average Bonchev–Trinajstić information content (AvgIpc) is 3.20. The first-order chi connectivity index (χ1) is 24.8. The second-order valence-electron chi connectivity index (χ2n) is 13.6. The standard InChI is InChI=1S/C48H40N2/c1-5-17-35(18-6-1)38-30-32-45-46(34-38)48(49(39-21-7-2-8-22-39)40-23-9-3-10-24-40)44-28-16-15-27-43(44)47(45)50(41-25-11-4-12-26-41)42-31-29-36-19-13-14-20-37(36)33-42/h2-4,7-16,19-35H,1,5-6,17-18H2. The third kappa shape index (κ3) is 5.47. The quantitative estimate of drug-likeness (QED) is 0.126. The second-order valence-corrected chi connectivity index (χ2v) is 13.6. The second kappa shape index (κ2) is 13.2. The molecule has 0 heterocycles. The summed E-state index contributed by atoms with van der Waals surface area (Å²) in [5.74, 6) is 0.587. The van der Waals surface area contributed by atoms with Crippen molar-refractivity contribution in [2.45, 2.75) is 38.0 Å². The molecule has 0 N–H and O–H groups in total. The lowest BCUT2D eigenvalue weighted by atomic mass is 9.83. The Labute approximate surface area is 294 Å². The van der Waals surface area contributed by atoms with Gasteiger partial charge in [-0.2, -0.15) is 0 Å². The van der Waals surface area contributed by atoms with Gasteiger partial charge in [0.05, 0.1) is 11.4 Å². The van der Waals surface area contributed by atoms with Crippen LogP contribution in [0, 0.1) is 0 Å². The van der Waals surface area contributed by atoms with E-state index in [1.54, 1.807) is 0 Å². The smallest absolute Gasteiger partial charge is 0.0620 e. The Morgan fingerprint density at radius 2 is 0.820 bits per heavy atom. The predicted molar refractivity (Wildman–Crippen MR) is 214 cm³/mol. The fraction of sp³-hybridized carbons (Fsp3) is 0.125. The summed E-state index contributed by atoms with van der Waals surface area (Å²) in [7, 11) is 0. The van der Waals surface area contributed by atoms with E-state index in [1.807, 2.05) is 0 Å². The zero-order valence-electron chi connectivity index (χ0n) is 28.3. The number of fused-ring (bicyclic) bond motifs is 3. The number of benzene rings is 8. The highest BCUT2D eigenvalue weighted by Crippen LogP contribution is 2.52. The summed E-state index contributed by atoms with van der Waals surface area (Å²) in [4.78, 5) is 4.96. The molecule has 0 aromatic heterocycles. The molecule has 1 saturated carbocycles. The minimum atomic E-state index is 0.587. The van der Waals surface area contributed by atoms with Crippen LogP contribution in [0.1, 0.15) is 43.6 Å². The zero-order valence-corrected chi connectivity index (χ0v) is 28.3. The Kier molecular flexibility index (Phi) is 7.99. The lowest BCUT2D eigenvalue weighted by Crippen LogP contribution is -2.15. The number of para-hydroxylation sites is 3. The van der Waals surface area contributed by atoms with Crippen molar-refractivity contribution in [3.63, 3.8) is 0 Å². The van der Waals surface area contributed by atoms with Crippen LogP contribution in [-0.4, -0.2) is 0 Å². The van der Waals surface area contributed by atoms with Gasteiger partial charge < -0.3 is 9.80 Å². The molecule has 0 saturated heterocycles. The summed E-state index contributed by atoms with van der Waals surface area (Å²) in [5.41, 5.74) is 8.47. The molecule has 2 heteroatoms. The van der Waals surface area contributed by atoms with Crippen molar-refractivity contribution in [1.29, 1.82) is 0 Å². The molecular formula is C48H40N2. The fourth-order valence-electron chi connectivity index (χ4n) is 8.18. The van der Waals surface area contributed by atoms with Gasteiger partial charge in [0.2, 0.25) is 0 Å². The first-order valence-electron chi connectivity index (χ1n) is 18.1. The van der Waals surface area contributed by atoms with Crippen LogP contribution in [0.15, 0.2) is 176 Å². The van der Waals surface area contributed by atoms with Gasteiger partial charge in [-0.1, -0.05) is 141 Å². The molecule has 0 radical (unpaired) electrons. The van der Waals surface area contributed by atoms with Crippen LogP contribution in [0.25, 0.3) is 32.3 Å². The molecule has 8 aromatic carbocycles. The molecule has 0 amide bonds. The predicted octanol–water partition coefficient (Wildman–Crippen LogP) is 14.1.